The third-order valence-corrected chi connectivity index (χ3v) is 4.48. The number of benzene rings is 2. The fourth-order valence-electron chi connectivity index (χ4n) is 3.24. The van der Waals surface area contributed by atoms with Gasteiger partial charge in [0.15, 0.2) is 0 Å². The third kappa shape index (κ3) is 2.95. The van der Waals surface area contributed by atoms with Gasteiger partial charge < -0.3 is 14.4 Å². The van der Waals surface area contributed by atoms with E-state index < -0.39 is 0 Å². The van der Waals surface area contributed by atoms with Crippen LogP contribution in [-0.4, -0.2) is 32.7 Å². The third-order valence-electron chi connectivity index (χ3n) is 4.48. The summed E-state index contributed by atoms with van der Waals surface area (Å²) in [4.78, 5) is 2.38. The lowest BCUT2D eigenvalue weighted by molar-refractivity contribution is 0.327. The molecule has 0 aromatic heterocycles. The molecule has 1 unspecified atom stereocenters. The Morgan fingerprint density at radius 3 is 2.32 bits per heavy atom. The highest BCUT2D eigenvalue weighted by Crippen LogP contribution is 2.35. The van der Waals surface area contributed by atoms with Gasteiger partial charge in [-0.2, -0.15) is 0 Å². The van der Waals surface area contributed by atoms with E-state index >= 15 is 0 Å². The Morgan fingerprint density at radius 1 is 0.955 bits per heavy atom. The van der Waals surface area contributed by atoms with Gasteiger partial charge in [-0.15, -0.1) is 0 Å². The van der Waals surface area contributed by atoms with Crippen molar-refractivity contribution in [3.8, 4) is 11.5 Å². The Labute approximate surface area is 132 Å². The van der Waals surface area contributed by atoms with Crippen LogP contribution in [0.1, 0.15) is 29.0 Å². The Balaban J connectivity index is 2.01. The monoisotopic (exact) mass is 297 g/mol. The van der Waals surface area contributed by atoms with Gasteiger partial charge in [-0.05, 0) is 61.0 Å². The normalized spacial score (nSPS) is 18.4. The van der Waals surface area contributed by atoms with Crippen molar-refractivity contribution < 1.29 is 9.47 Å². The highest BCUT2D eigenvalue weighted by atomic mass is 16.5. The van der Waals surface area contributed by atoms with Crippen molar-refractivity contribution >= 4 is 0 Å². The number of rotatable bonds is 3. The summed E-state index contributed by atoms with van der Waals surface area (Å²) in [5, 5.41) is 0. The van der Waals surface area contributed by atoms with E-state index in [4.69, 9.17) is 9.47 Å². The number of methoxy groups -OCH3 is 2. The molecule has 0 radical (unpaired) electrons. The second-order valence-electron chi connectivity index (χ2n) is 5.92. The van der Waals surface area contributed by atoms with E-state index in [-0.39, 0.29) is 0 Å². The second kappa shape index (κ2) is 6.41. The molecule has 1 atom stereocenters. The average Bonchev–Trinajstić information content (AvgIpc) is 2.72. The van der Waals surface area contributed by atoms with E-state index in [2.05, 4.69) is 42.3 Å². The van der Waals surface area contributed by atoms with Crippen LogP contribution in [0.3, 0.4) is 0 Å². The van der Waals surface area contributed by atoms with Crippen LogP contribution >= 0.6 is 0 Å². The lowest BCUT2D eigenvalue weighted by atomic mass is 9.86. The fraction of sp³-hybridized carbons (Fsp3) is 0.368. The van der Waals surface area contributed by atoms with Crippen molar-refractivity contribution in [1.29, 1.82) is 0 Å². The molecule has 3 nitrogen and oxygen atoms in total. The van der Waals surface area contributed by atoms with E-state index in [1.165, 1.54) is 16.7 Å². The Morgan fingerprint density at radius 2 is 1.64 bits per heavy atom. The number of hydrogen-bond donors (Lipinski definition) is 0. The van der Waals surface area contributed by atoms with Crippen molar-refractivity contribution in [3.05, 3.63) is 59.2 Å². The van der Waals surface area contributed by atoms with Gasteiger partial charge >= 0.3 is 0 Å². The molecule has 0 bridgehead atoms. The molecule has 0 saturated heterocycles. The Hall–Kier alpha value is -2.00. The molecule has 0 N–H and O–H groups in total. The van der Waals surface area contributed by atoms with E-state index in [1.54, 1.807) is 14.2 Å². The topological polar surface area (TPSA) is 21.7 Å². The van der Waals surface area contributed by atoms with Gasteiger partial charge in [0.2, 0.25) is 0 Å². The van der Waals surface area contributed by atoms with Crippen molar-refractivity contribution in [3.63, 3.8) is 0 Å². The summed E-state index contributed by atoms with van der Waals surface area (Å²) in [6.45, 7) is 2.06. The molecule has 3 heteroatoms. The maximum absolute atomic E-state index is 5.39. The molecule has 3 rings (SSSR count). The van der Waals surface area contributed by atoms with E-state index in [0.717, 1.165) is 31.0 Å². The summed E-state index contributed by atoms with van der Waals surface area (Å²) >= 11 is 0. The number of ether oxygens (including phenoxy) is 2. The smallest absolute Gasteiger partial charge is 0.119 e. The summed E-state index contributed by atoms with van der Waals surface area (Å²) in [6, 6.07) is 14.9. The van der Waals surface area contributed by atoms with Crippen LogP contribution in [0.25, 0.3) is 0 Å². The second-order valence-corrected chi connectivity index (χ2v) is 5.92. The molecule has 0 aliphatic carbocycles. The van der Waals surface area contributed by atoms with Crippen LogP contribution < -0.4 is 9.47 Å². The van der Waals surface area contributed by atoms with Crippen molar-refractivity contribution in [2.24, 2.45) is 0 Å². The highest BCUT2D eigenvalue weighted by Gasteiger charge is 2.22. The van der Waals surface area contributed by atoms with Crippen molar-refractivity contribution in [2.45, 2.75) is 18.9 Å². The fourth-order valence-corrected chi connectivity index (χ4v) is 3.24. The van der Waals surface area contributed by atoms with Crippen LogP contribution in [0.2, 0.25) is 0 Å². The SMILES string of the molecule is COc1ccc(C2CCN(C)Cc3cc(OC)ccc32)cc1. The first-order valence-electron chi connectivity index (χ1n) is 7.70. The molecule has 2 aromatic carbocycles. The summed E-state index contributed by atoms with van der Waals surface area (Å²) < 4.78 is 10.7. The van der Waals surface area contributed by atoms with Crippen LogP contribution in [0.5, 0.6) is 11.5 Å². The Kier molecular flexibility index (Phi) is 4.34. The van der Waals surface area contributed by atoms with E-state index in [1.807, 2.05) is 12.1 Å². The zero-order valence-corrected chi connectivity index (χ0v) is 13.5. The van der Waals surface area contributed by atoms with Crippen molar-refractivity contribution in [2.75, 3.05) is 27.8 Å². The molecule has 0 saturated carbocycles. The first-order valence-corrected chi connectivity index (χ1v) is 7.70. The van der Waals surface area contributed by atoms with Crippen LogP contribution in [0.15, 0.2) is 42.5 Å². The predicted octanol–water partition coefficient (Wildman–Crippen LogP) is 3.67. The zero-order valence-electron chi connectivity index (χ0n) is 13.5. The molecular formula is C19H23NO2. The summed E-state index contributed by atoms with van der Waals surface area (Å²) in [7, 11) is 5.61. The minimum Gasteiger partial charge on any atom is -0.497 e. The van der Waals surface area contributed by atoms with E-state index in [0.29, 0.717) is 5.92 Å². The number of fused-ring (bicyclic) bond motifs is 1. The quantitative estimate of drug-likeness (QED) is 0.863. The maximum Gasteiger partial charge on any atom is 0.119 e. The largest absolute Gasteiger partial charge is 0.497 e. The van der Waals surface area contributed by atoms with Gasteiger partial charge in [-0.3, -0.25) is 0 Å². The molecule has 22 heavy (non-hydrogen) atoms. The lowest BCUT2D eigenvalue weighted by Crippen LogP contribution is -2.17. The van der Waals surface area contributed by atoms with Crippen LogP contribution in [0, 0.1) is 0 Å². The minimum absolute atomic E-state index is 0.428. The molecular weight excluding hydrogens is 274 g/mol. The maximum atomic E-state index is 5.39. The van der Waals surface area contributed by atoms with Crippen LogP contribution in [-0.2, 0) is 6.54 Å². The lowest BCUT2D eigenvalue weighted by Gasteiger charge is -2.18. The molecule has 1 aliphatic heterocycles. The summed E-state index contributed by atoms with van der Waals surface area (Å²) in [6.07, 6.45) is 1.13. The molecule has 1 heterocycles. The van der Waals surface area contributed by atoms with Crippen LogP contribution in [0.4, 0.5) is 0 Å². The summed E-state index contributed by atoms with van der Waals surface area (Å²) in [5.41, 5.74) is 4.12. The van der Waals surface area contributed by atoms with Gasteiger partial charge in [-0.1, -0.05) is 18.2 Å². The average molecular weight is 297 g/mol. The zero-order chi connectivity index (χ0) is 15.5. The molecule has 0 amide bonds. The number of nitrogens with zero attached hydrogens (tertiary/aromatic N) is 1. The molecule has 116 valence electrons. The Bertz CT molecular complexity index is 636. The number of hydrogen-bond acceptors (Lipinski definition) is 3. The first-order chi connectivity index (χ1) is 10.7. The molecule has 1 aliphatic rings. The van der Waals surface area contributed by atoms with Gasteiger partial charge in [0.1, 0.15) is 11.5 Å². The molecule has 0 fully saturated rings. The van der Waals surface area contributed by atoms with Crippen molar-refractivity contribution in [1.82, 2.24) is 4.90 Å². The highest BCUT2D eigenvalue weighted by molar-refractivity contribution is 5.44. The van der Waals surface area contributed by atoms with E-state index in [9.17, 15) is 0 Å². The standard InChI is InChI=1S/C19H23NO2/c1-20-11-10-19(14-4-6-16(21-2)7-5-14)18-9-8-17(22-3)12-15(18)13-20/h4-9,12,19H,10-11,13H2,1-3H3. The van der Waals surface area contributed by atoms with Gasteiger partial charge in [0.25, 0.3) is 0 Å². The van der Waals surface area contributed by atoms with Gasteiger partial charge in [-0.25, -0.2) is 0 Å². The summed E-state index contributed by atoms with van der Waals surface area (Å²) in [5.74, 6) is 2.27. The van der Waals surface area contributed by atoms with Gasteiger partial charge in [0.05, 0.1) is 14.2 Å². The van der Waals surface area contributed by atoms with Gasteiger partial charge in [0, 0.05) is 12.5 Å². The molecule has 2 aromatic rings. The first kappa shape index (κ1) is 14.9. The minimum atomic E-state index is 0.428. The molecule has 0 spiro atoms. The predicted molar refractivity (Wildman–Crippen MR) is 88.8 cm³/mol.